The van der Waals surface area contributed by atoms with Gasteiger partial charge < -0.3 is 5.73 Å². The zero-order chi connectivity index (χ0) is 9.30. The Morgan fingerprint density at radius 1 is 1.58 bits per heavy atom. The molecule has 0 aromatic heterocycles. The maximum atomic E-state index is 10.9. The fourth-order valence-electron chi connectivity index (χ4n) is 0.956. The number of amides is 1. The van der Waals surface area contributed by atoms with E-state index in [-0.39, 0.29) is 0 Å². The van der Waals surface area contributed by atoms with E-state index in [0.717, 1.165) is 0 Å². The van der Waals surface area contributed by atoms with E-state index in [9.17, 15) is 4.79 Å². The van der Waals surface area contributed by atoms with Crippen molar-refractivity contribution in [2.75, 3.05) is 0 Å². The van der Waals surface area contributed by atoms with Gasteiger partial charge in [-0.05, 0) is 40.5 Å². The van der Waals surface area contributed by atoms with Crippen molar-refractivity contribution >= 4 is 33.4 Å². The van der Waals surface area contributed by atoms with Crippen LogP contribution in [0, 0.1) is 6.92 Å². The van der Waals surface area contributed by atoms with Crippen molar-refractivity contribution in [2.45, 2.75) is 6.92 Å². The van der Waals surface area contributed by atoms with Crippen molar-refractivity contribution in [3.63, 3.8) is 0 Å². The maximum Gasteiger partial charge on any atom is 0.250 e. The molecule has 0 fully saturated rings. The molecule has 64 valence electrons. The third kappa shape index (κ3) is 1.62. The summed E-state index contributed by atoms with van der Waals surface area (Å²) >= 11 is 9.02. The van der Waals surface area contributed by atoms with E-state index in [0.29, 0.717) is 20.6 Å². The van der Waals surface area contributed by atoms with Crippen LogP contribution >= 0.6 is 27.5 Å². The number of primary amides is 1. The highest BCUT2D eigenvalue weighted by atomic mass is 79.9. The number of carbonyl (C=O) groups excluding carboxylic acids is 1. The average molecular weight is 249 g/mol. The lowest BCUT2D eigenvalue weighted by Gasteiger charge is -2.05. The summed E-state index contributed by atoms with van der Waals surface area (Å²) in [5, 5.41) is 0.548. The number of hydrogen-bond donors (Lipinski definition) is 1. The van der Waals surface area contributed by atoms with Gasteiger partial charge in [-0.15, -0.1) is 0 Å². The van der Waals surface area contributed by atoms with E-state index < -0.39 is 5.91 Å². The summed E-state index contributed by atoms with van der Waals surface area (Å²) in [6, 6.07) is 3.42. The Labute approximate surface area is 83.8 Å². The second-order valence-electron chi connectivity index (χ2n) is 2.39. The second kappa shape index (κ2) is 3.46. The standard InChI is InChI=1S/C8H7BrClNO/c1-4-6(10)3-2-5(9)7(4)8(11)12/h2-3H,1H3,(H2,11,12). The molecule has 1 aromatic carbocycles. The molecule has 1 amide bonds. The van der Waals surface area contributed by atoms with Crippen LogP contribution in [0.5, 0.6) is 0 Å². The molecule has 0 aliphatic rings. The minimum absolute atomic E-state index is 0.447. The van der Waals surface area contributed by atoms with E-state index in [2.05, 4.69) is 15.9 Å². The first-order valence-electron chi connectivity index (χ1n) is 3.28. The van der Waals surface area contributed by atoms with Gasteiger partial charge in [-0.1, -0.05) is 11.6 Å². The van der Waals surface area contributed by atoms with Crippen LogP contribution in [0.1, 0.15) is 15.9 Å². The Hall–Kier alpha value is -0.540. The SMILES string of the molecule is Cc1c(Cl)ccc(Br)c1C(N)=O. The summed E-state index contributed by atoms with van der Waals surface area (Å²) in [6.07, 6.45) is 0. The summed E-state index contributed by atoms with van der Waals surface area (Å²) in [6.45, 7) is 1.76. The van der Waals surface area contributed by atoms with Crippen LogP contribution < -0.4 is 5.73 Å². The molecular weight excluding hydrogens is 241 g/mol. The maximum absolute atomic E-state index is 10.9. The third-order valence-electron chi connectivity index (χ3n) is 1.59. The average Bonchev–Trinajstić information content (AvgIpc) is 1.97. The fraction of sp³-hybridized carbons (Fsp3) is 0.125. The number of hydrogen-bond acceptors (Lipinski definition) is 1. The van der Waals surface area contributed by atoms with Gasteiger partial charge >= 0.3 is 0 Å². The fourth-order valence-corrected chi connectivity index (χ4v) is 1.74. The first-order valence-corrected chi connectivity index (χ1v) is 4.45. The highest BCUT2D eigenvalue weighted by Crippen LogP contribution is 2.25. The van der Waals surface area contributed by atoms with Crippen molar-refractivity contribution < 1.29 is 4.79 Å². The lowest BCUT2D eigenvalue weighted by atomic mass is 10.1. The Balaban J connectivity index is 3.43. The number of carbonyl (C=O) groups is 1. The molecular formula is C8H7BrClNO. The molecule has 1 rings (SSSR count). The van der Waals surface area contributed by atoms with Gasteiger partial charge in [-0.25, -0.2) is 0 Å². The van der Waals surface area contributed by atoms with Gasteiger partial charge in [0, 0.05) is 9.50 Å². The molecule has 12 heavy (non-hydrogen) atoms. The van der Waals surface area contributed by atoms with Crippen LogP contribution in [-0.2, 0) is 0 Å². The van der Waals surface area contributed by atoms with Gasteiger partial charge in [0.2, 0.25) is 5.91 Å². The summed E-state index contributed by atoms with van der Waals surface area (Å²) in [5.41, 5.74) is 6.31. The highest BCUT2D eigenvalue weighted by molar-refractivity contribution is 9.10. The topological polar surface area (TPSA) is 43.1 Å². The lowest BCUT2D eigenvalue weighted by Crippen LogP contribution is -2.13. The third-order valence-corrected chi connectivity index (χ3v) is 2.66. The van der Waals surface area contributed by atoms with Gasteiger partial charge in [0.25, 0.3) is 0 Å². The quantitative estimate of drug-likeness (QED) is 0.815. The van der Waals surface area contributed by atoms with Crippen molar-refractivity contribution in [3.8, 4) is 0 Å². The minimum Gasteiger partial charge on any atom is -0.366 e. The summed E-state index contributed by atoms with van der Waals surface area (Å²) < 4.78 is 0.678. The predicted molar refractivity (Wildman–Crippen MR) is 52.4 cm³/mol. The zero-order valence-corrected chi connectivity index (χ0v) is 8.74. The van der Waals surface area contributed by atoms with E-state index >= 15 is 0 Å². The number of benzene rings is 1. The smallest absolute Gasteiger partial charge is 0.250 e. The molecule has 0 bridgehead atoms. The zero-order valence-electron chi connectivity index (χ0n) is 6.40. The first kappa shape index (κ1) is 9.55. The van der Waals surface area contributed by atoms with Gasteiger partial charge in [0.1, 0.15) is 0 Å². The van der Waals surface area contributed by atoms with Crippen LogP contribution in [0.15, 0.2) is 16.6 Å². The number of nitrogens with two attached hydrogens (primary N) is 1. The van der Waals surface area contributed by atoms with Crippen molar-refractivity contribution in [1.82, 2.24) is 0 Å². The van der Waals surface area contributed by atoms with E-state index in [1.165, 1.54) is 0 Å². The Kier molecular flexibility index (Phi) is 2.75. The molecule has 0 spiro atoms. The molecule has 4 heteroatoms. The Bertz CT molecular complexity index is 338. The Morgan fingerprint density at radius 2 is 2.17 bits per heavy atom. The molecule has 0 unspecified atom stereocenters. The molecule has 0 aliphatic heterocycles. The first-order chi connectivity index (χ1) is 5.54. The molecule has 0 heterocycles. The van der Waals surface area contributed by atoms with Gasteiger partial charge in [0.05, 0.1) is 5.56 Å². The lowest BCUT2D eigenvalue weighted by molar-refractivity contribution is 0.0999. The van der Waals surface area contributed by atoms with Crippen LogP contribution in [0.4, 0.5) is 0 Å². The molecule has 0 atom stereocenters. The number of halogens is 2. The summed E-state index contributed by atoms with van der Waals surface area (Å²) in [4.78, 5) is 10.9. The highest BCUT2D eigenvalue weighted by Gasteiger charge is 2.11. The Morgan fingerprint density at radius 3 is 2.58 bits per heavy atom. The van der Waals surface area contributed by atoms with E-state index in [1.54, 1.807) is 19.1 Å². The van der Waals surface area contributed by atoms with Crippen molar-refractivity contribution in [3.05, 3.63) is 32.8 Å². The second-order valence-corrected chi connectivity index (χ2v) is 3.65. The molecule has 0 saturated heterocycles. The van der Waals surface area contributed by atoms with Gasteiger partial charge in [0.15, 0.2) is 0 Å². The predicted octanol–water partition coefficient (Wildman–Crippen LogP) is 2.51. The number of rotatable bonds is 1. The van der Waals surface area contributed by atoms with E-state index in [4.69, 9.17) is 17.3 Å². The van der Waals surface area contributed by atoms with Crippen LogP contribution in [-0.4, -0.2) is 5.91 Å². The summed E-state index contributed by atoms with van der Waals surface area (Å²) in [7, 11) is 0. The van der Waals surface area contributed by atoms with Crippen molar-refractivity contribution in [1.29, 1.82) is 0 Å². The van der Waals surface area contributed by atoms with Crippen LogP contribution in [0.2, 0.25) is 5.02 Å². The summed E-state index contributed by atoms with van der Waals surface area (Å²) in [5.74, 6) is -0.470. The van der Waals surface area contributed by atoms with E-state index in [1.807, 2.05) is 0 Å². The molecule has 2 N–H and O–H groups in total. The molecule has 0 radical (unpaired) electrons. The molecule has 0 saturated carbocycles. The van der Waals surface area contributed by atoms with Gasteiger partial charge in [-0.3, -0.25) is 4.79 Å². The largest absolute Gasteiger partial charge is 0.366 e. The normalized spacial score (nSPS) is 9.92. The minimum atomic E-state index is -0.470. The van der Waals surface area contributed by atoms with Crippen molar-refractivity contribution in [2.24, 2.45) is 5.73 Å². The molecule has 2 nitrogen and oxygen atoms in total. The monoisotopic (exact) mass is 247 g/mol. The van der Waals surface area contributed by atoms with Gasteiger partial charge in [-0.2, -0.15) is 0 Å². The molecule has 0 aliphatic carbocycles. The van der Waals surface area contributed by atoms with Crippen LogP contribution in [0.25, 0.3) is 0 Å². The molecule has 1 aromatic rings. The van der Waals surface area contributed by atoms with Crippen LogP contribution in [0.3, 0.4) is 0 Å².